The number of fused-ring (bicyclic) bond motifs is 10. The van der Waals surface area contributed by atoms with Gasteiger partial charge in [-0.05, 0) is 68.7 Å². The molecule has 0 saturated heterocycles. The van der Waals surface area contributed by atoms with E-state index in [0.29, 0.717) is 21.9 Å². The van der Waals surface area contributed by atoms with Gasteiger partial charge in [0.1, 0.15) is 0 Å². The van der Waals surface area contributed by atoms with E-state index in [0.717, 1.165) is 21.8 Å². The standard InChI is InChI=1S/C33H19N3O2/c37-32-26-13-5-6-14-28(26)34-31-33(38)35(29-15-7-8-16-30(29)36(31)32)20-17-18-25-23-11-2-1-9-21(23)22-10-3-4-12-24(22)27(25)19-20/h1-19H. The van der Waals surface area contributed by atoms with Crippen molar-refractivity contribution in [3.8, 4) is 5.69 Å². The first-order valence-corrected chi connectivity index (χ1v) is 12.5. The van der Waals surface area contributed by atoms with Crippen molar-refractivity contribution in [3.63, 3.8) is 0 Å². The van der Waals surface area contributed by atoms with Crippen LogP contribution < -0.4 is 11.1 Å². The summed E-state index contributed by atoms with van der Waals surface area (Å²) >= 11 is 0. The highest BCUT2D eigenvalue weighted by atomic mass is 16.1. The van der Waals surface area contributed by atoms with Crippen LogP contribution in [0.5, 0.6) is 0 Å². The van der Waals surface area contributed by atoms with Crippen molar-refractivity contribution >= 4 is 59.9 Å². The number of rotatable bonds is 1. The number of hydrogen-bond donors (Lipinski definition) is 0. The van der Waals surface area contributed by atoms with Crippen molar-refractivity contribution in [2.45, 2.75) is 0 Å². The number of benzene rings is 6. The van der Waals surface area contributed by atoms with Crippen LogP contribution in [0.3, 0.4) is 0 Å². The minimum Gasteiger partial charge on any atom is -0.272 e. The lowest BCUT2D eigenvalue weighted by molar-refractivity contribution is 0.989. The summed E-state index contributed by atoms with van der Waals surface area (Å²) in [5.74, 6) is 0. The van der Waals surface area contributed by atoms with Gasteiger partial charge in [0, 0.05) is 0 Å². The van der Waals surface area contributed by atoms with Crippen molar-refractivity contribution in [2.75, 3.05) is 0 Å². The van der Waals surface area contributed by atoms with Crippen LogP contribution in [0.2, 0.25) is 0 Å². The molecule has 8 aromatic rings. The number of nitrogens with zero attached hydrogens (tertiary/aromatic N) is 3. The SMILES string of the molecule is O=c1c2nc3ccccc3c(=O)n2c2ccccc2n1-c1ccc2c3ccccc3c3ccccc3c2c1. The Morgan fingerprint density at radius 3 is 1.68 bits per heavy atom. The Kier molecular flexibility index (Phi) is 4.17. The molecule has 0 fully saturated rings. The van der Waals surface area contributed by atoms with E-state index >= 15 is 0 Å². The van der Waals surface area contributed by atoms with Gasteiger partial charge in [0.05, 0.1) is 27.6 Å². The Balaban J connectivity index is 1.55. The summed E-state index contributed by atoms with van der Waals surface area (Å²) in [5.41, 5.74) is 2.03. The zero-order chi connectivity index (χ0) is 25.4. The van der Waals surface area contributed by atoms with Gasteiger partial charge in [-0.3, -0.25) is 18.6 Å². The topological polar surface area (TPSA) is 56.4 Å². The average Bonchev–Trinajstić information content (AvgIpc) is 2.97. The second-order valence-corrected chi connectivity index (χ2v) is 9.54. The molecule has 0 radical (unpaired) electrons. The summed E-state index contributed by atoms with van der Waals surface area (Å²) in [6.45, 7) is 0. The molecule has 0 aliphatic rings. The van der Waals surface area contributed by atoms with E-state index in [4.69, 9.17) is 0 Å². The Morgan fingerprint density at radius 1 is 0.474 bits per heavy atom. The molecule has 2 aromatic heterocycles. The van der Waals surface area contributed by atoms with Gasteiger partial charge in [0.2, 0.25) is 5.65 Å². The van der Waals surface area contributed by atoms with E-state index in [-0.39, 0.29) is 16.8 Å². The van der Waals surface area contributed by atoms with Crippen molar-refractivity contribution in [1.82, 2.24) is 14.0 Å². The summed E-state index contributed by atoms with van der Waals surface area (Å²) in [5, 5.41) is 7.34. The molecule has 0 spiro atoms. The third-order valence-electron chi connectivity index (χ3n) is 7.52. The second kappa shape index (κ2) is 7.60. The first kappa shape index (κ1) is 20.9. The molecule has 8 rings (SSSR count). The average molecular weight is 490 g/mol. The van der Waals surface area contributed by atoms with E-state index in [1.807, 2.05) is 48.5 Å². The lowest BCUT2D eigenvalue weighted by Gasteiger charge is -2.16. The highest BCUT2D eigenvalue weighted by Gasteiger charge is 2.17. The molecule has 0 aliphatic carbocycles. The Hall–Kier alpha value is -5.29. The summed E-state index contributed by atoms with van der Waals surface area (Å²) < 4.78 is 3.12. The molecule has 38 heavy (non-hydrogen) atoms. The molecular weight excluding hydrogens is 470 g/mol. The monoisotopic (exact) mass is 489 g/mol. The van der Waals surface area contributed by atoms with Crippen molar-refractivity contribution in [2.24, 2.45) is 0 Å². The van der Waals surface area contributed by atoms with Gasteiger partial charge in [0.15, 0.2) is 0 Å². The van der Waals surface area contributed by atoms with Crippen molar-refractivity contribution in [3.05, 3.63) is 136 Å². The normalized spacial score (nSPS) is 11.9. The van der Waals surface area contributed by atoms with Crippen LogP contribution in [0.25, 0.3) is 65.6 Å². The van der Waals surface area contributed by atoms with Crippen LogP contribution in [0.1, 0.15) is 0 Å². The van der Waals surface area contributed by atoms with Crippen LogP contribution >= 0.6 is 0 Å². The Labute approximate surface area is 215 Å². The molecule has 5 heteroatoms. The Morgan fingerprint density at radius 2 is 1.00 bits per heavy atom. The molecule has 0 unspecified atom stereocenters. The van der Waals surface area contributed by atoms with Crippen LogP contribution in [0, 0.1) is 0 Å². The highest BCUT2D eigenvalue weighted by Crippen LogP contribution is 2.36. The van der Waals surface area contributed by atoms with Gasteiger partial charge >= 0.3 is 0 Å². The molecule has 0 N–H and O–H groups in total. The van der Waals surface area contributed by atoms with Crippen molar-refractivity contribution in [1.29, 1.82) is 0 Å². The van der Waals surface area contributed by atoms with Gasteiger partial charge in [-0.15, -0.1) is 0 Å². The molecule has 2 heterocycles. The number of aromatic nitrogens is 3. The predicted octanol–water partition coefficient (Wildman–Crippen LogP) is 6.61. The molecule has 0 amide bonds. The summed E-state index contributed by atoms with van der Waals surface area (Å²) in [6.07, 6.45) is 0. The first-order valence-electron chi connectivity index (χ1n) is 12.5. The molecule has 178 valence electrons. The number of para-hydroxylation sites is 3. The van der Waals surface area contributed by atoms with E-state index in [9.17, 15) is 9.59 Å². The molecule has 6 aromatic carbocycles. The van der Waals surface area contributed by atoms with Gasteiger partial charge in [-0.25, -0.2) is 4.98 Å². The van der Waals surface area contributed by atoms with Crippen LogP contribution in [-0.2, 0) is 0 Å². The largest absolute Gasteiger partial charge is 0.299 e. The van der Waals surface area contributed by atoms with Gasteiger partial charge in [-0.2, -0.15) is 0 Å². The first-order chi connectivity index (χ1) is 18.7. The fourth-order valence-electron chi connectivity index (χ4n) is 5.84. The zero-order valence-electron chi connectivity index (χ0n) is 20.1. The third-order valence-corrected chi connectivity index (χ3v) is 7.52. The molecule has 0 atom stereocenters. The highest BCUT2D eigenvalue weighted by molar-refractivity contribution is 6.25. The van der Waals surface area contributed by atoms with Crippen LogP contribution in [-0.4, -0.2) is 14.0 Å². The van der Waals surface area contributed by atoms with Crippen LogP contribution in [0.4, 0.5) is 0 Å². The summed E-state index contributed by atoms with van der Waals surface area (Å²) in [7, 11) is 0. The van der Waals surface area contributed by atoms with Gasteiger partial charge in [-0.1, -0.05) is 78.9 Å². The summed E-state index contributed by atoms with van der Waals surface area (Å²) in [4.78, 5) is 32.3. The van der Waals surface area contributed by atoms with E-state index in [1.165, 1.54) is 20.6 Å². The zero-order valence-corrected chi connectivity index (χ0v) is 20.1. The van der Waals surface area contributed by atoms with Gasteiger partial charge < -0.3 is 0 Å². The van der Waals surface area contributed by atoms with Crippen molar-refractivity contribution < 1.29 is 0 Å². The molecular formula is C33H19N3O2. The van der Waals surface area contributed by atoms with Crippen LogP contribution in [0.15, 0.2) is 125 Å². The smallest absolute Gasteiger partial charge is 0.272 e. The lowest BCUT2D eigenvalue weighted by atomic mass is 9.94. The minimum absolute atomic E-state index is 0.107. The third kappa shape index (κ3) is 2.73. The summed E-state index contributed by atoms with van der Waals surface area (Å²) in [6, 6.07) is 37.6. The molecule has 0 aliphatic heterocycles. The quantitative estimate of drug-likeness (QED) is 0.193. The van der Waals surface area contributed by atoms with E-state index in [2.05, 4.69) is 59.6 Å². The maximum atomic E-state index is 14.1. The second-order valence-electron chi connectivity index (χ2n) is 9.54. The maximum Gasteiger partial charge on any atom is 0.299 e. The predicted molar refractivity (Wildman–Crippen MR) is 155 cm³/mol. The minimum atomic E-state index is -0.337. The molecule has 0 saturated carbocycles. The fourth-order valence-corrected chi connectivity index (χ4v) is 5.84. The van der Waals surface area contributed by atoms with E-state index in [1.54, 1.807) is 16.7 Å². The maximum absolute atomic E-state index is 14.1. The fraction of sp³-hybridized carbons (Fsp3) is 0. The van der Waals surface area contributed by atoms with E-state index < -0.39 is 0 Å². The molecule has 5 nitrogen and oxygen atoms in total. The van der Waals surface area contributed by atoms with Gasteiger partial charge in [0.25, 0.3) is 11.1 Å². The molecule has 0 bridgehead atoms. The lowest BCUT2D eigenvalue weighted by Crippen LogP contribution is -2.28. The Bertz CT molecular complexity index is 2370. The number of hydrogen-bond acceptors (Lipinski definition) is 3.